The van der Waals surface area contributed by atoms with E-state index in [2.05, 4.69) is 44.5 Å². The van der Waals surface area contributed by atoms with Gasteiger partial charge >= 0.3 is 0 Å². The number of aryl methyl sites for hydroxylation is 3. The molecule has 0 radical (unpaired) electrons. The van der Waals surface area contributed by atoms with E-state index in [0.717, 1.165) is 11.4 Å². The highest BCUT2D eigenvalue weighted by Gasteiger charge is 2.01. The van der Waals surface area contributed by atoms with Gasteiger partial charge in [0.2, 0.25) is 0 Å². The van der Waals surface area contributed by atoms with Crippen LogP contribution in [0.3, 0.4) is 0 Å². The van der Waals surface area contributed by atoms with Crippen LogP contribution < -0.4 is 0 Å². The highest BCUT2D eigenvalue weighted by molar-refractivity contribution is 5.94. The average Bonchev–Trinajstić information content (AvgIpc) is 2.10. The van der Waals surface area contributed by atoms with Crippen molar-refractivity contribution in [3.8, 4) is 0 Å². The molecule has 0 aromatic heterocycles. The number of hydrogen-bond donors (Lipinski definition) is 0. The first-order chi connectivity index (χ1) is 6.54. The first kappa shape index (κ1) is 10.7. The minimum Gasteiger partial charge on any atom is -0.253 e. The SMILES string of the molecule is C=CC(C)=Nc1c(C)cc(C)cc1C. The van der Waals surface area contributed by atoms with Crippen LogP contribution in [-0.4, -0.2) is 5.71 Å². The van der Waals surface area contributed by atoms with Crippen LogP contribution in [0, 0.1) is 20.8 Å². The summed E-state index contributed by atoms with van der Waals surface area (Å²) in [7, 11) is 0. The van der Waals surface area contributed by atoms with E-state index in [1.54, 1.807) is 6.08 Å². The summed E-state index contributed by atoms with van der Waals surface area (Å²) in [5, 5.41) is 0. The average molecular weight is 187 g/mol. The number of aliphatic imine (C=N–C) groups is 1. The largest absolute Gasteiger partial charge is 0.253 e. The zero-order valence-corrected chi connectivity index (χ0v) is 9.39. The van der Waals surface area contributed by atoms with Crippen LogP contribution in [0.4, 0.5) is 5.69 Å². The van der Waals surface area contributed by atoms with E-state index in [9.17, 15) is 0 Å². The van der Waals surface area contributed by atoms with E-state index >= 15 is 0 Å². The van der Waals surface area contributed by atoms with Crippen LogP contribution in [0.5, 0.6) is 0 Å². The summed E-state index contributed by atoms with van der Waals surface area (Å²) in [4.78, 5) is 4.52. The molecule has 0 aliphatic rings. The van der Waals surface area contributed by atoms with E-state index in [1.807, 2.05) is 6.92 Å². The molecule has 14 heavy (non-hydrogen) atoms. The van der Waals surface area contributed by atoms with Crippen LogP contribution >= 0.6 is 0 Å². The maximum atomic E-state index is 4.52. The minimum absolute atomic E-state index is 0.958. The maximum Gasteiger partial charge on any atom is 0.0691 e. The summed E-state index contributed by atoms with van der Waals surface area (Å²) < 4.78 is 0. The third kappa shape index (κ3) is 2.32. The predicted octanol–water partition coefficient (Wildman–Crippen LogP) is 3.89. The van der Waals surface area contributed by atoms with Gasteiger partial charge in [-0.15, -0.1) is 0 Å². The molecule has 1 nitrogen and oxygen atoms in total. The van der Waals surface area contributed by atoms with Crippen molar-refractivity contribution in [2.45, 2.75) is 27.7 Å². The Morgan fingerprint density at radius 3 is 2.14 bits per heavy atom. The Morgan fingerprint density at radius 1 is 1.21 bits per heavy atom. The van der Waals surface area contributed by atoms with Gasteiger partial charge in [-0.05, 0) is 44.9 Å². The van der Waals surface area contributed by atoms with Crippen molar-refractivity contribution in [2.75, 3.05) is 0 Å². The van der Waals surface area contributed by atoms with E-state index in [4.69, 9.17) is 0 Å². The molecule has 0 N–H and O–H groups in total. The Labute approximate surface area is 86.2 Å². The van der Waals surface area contributed by atoms with Crippen molar-refractivity contribution >= 4 is 11.4 Å². The van der Waals surface area contributed by atoms with Crippen molar-refractivity contribution in [1.82, 2.24) is 0 Å². The van der Waals surface area contributed by atoms with Gasteiger partial charge in [-0.25, -0.2) is 0 Å². The minimum atomic E-state index is 0.958. The third-order valence-corrected chi connectivity index (χ3v) is 2.22. The molecule has 0 bridgehead atoms. The summed E-state index contributed by atoms with van der Waals surface area (Å²) in [6, 6.07) is 4.31. The van der Waals surface area contributed by atoms with Crippen molar-refractivity contribution in [3.63, 3.8) is 0 Å². The number of nitrogens with zero attached hydrogens (tertiary/aromatic N) is 1. The molecule has 0 amide bonds. The molecule has 0 unspecified atom stereocenters. The molecule has 1 heteroatoms. The Morgan fingerprint density at radius 2 is 1.71 bits per heavy atom. The van der Waals surface area contributed by atoms with Gasteiger partial charge in [0.1, 0.15) is 0 Å². The van der Waals surface area contributed by atoms with Crippen LogP contribution in [0.1, 0.15) is 23.6 Å². The standard InChI is InChI=1S/C13H17N/c1-6-12(5)14-13-10(3)7-9(2)8-11(13)4/h6-8H,1H2,2-5H3. The van der Waals surface area contributed by atoms with Crippen LogP contribution in [0.25, 0.3) is 0 Å². The van der Waals surface area contributed by atoms with Crippen molar-refractivity contribution in [3.05, 3.63) is 41.5 Å². The van der Waals surface area contributed by atoms with Gasteiger partial charge in [-0.2, -0.15) is 0 Å². The summed E-state index contributed by atoms with van der Waals surface area (Å²) in [6.45, 7) is 12.0. The second-order valence-corrected chi connectivity index (χ2v) is 3.70. The van der Waals surface area contributed by atoms with Crippen molar-refractivity contribution in [2.24, 2.45) is 4.99 Å². The molecule has 74 valence electrons. The molecule has 0 aliphatic heterocycles. The quantitative estimate of drug-likeness (QED) is 0.623. The predicted molar refractivity (Wildman–Crippen MR) is 63.6 cm³/mol. The van der Waals surface area contributed by atoms with Gasteiger partial charge in [0.05, 0.1) is 5.69 Å². The van der Waals surface area contributed by atoms with Gasteiger partial charge in [-0.1, -0.05) is 24.3 Å². The molecule has 1 aromatic rings. The molecule has 1 aromatic carbocycles. The van der Waals surface area contributed by atoms with E-state index in [1.165, 1.54) is 16.7 Å². The number of benzene rings is 1. The normalized spacial score (nSPS) is 11.6. The zero-order valence-electron chi connectivity index (χ0n) is 9.39. The fourth-order valence-electron chi connectivity index (χ4n) is 1.57. The second kappa shape index (κ2) is 4.23. The maximum absolute atomic E-state index is 4.52. The number of hydrogen-bond acceptors (Lipinski definition) is 1. The van der Waals surface area contributed by atoms with E-state index in [-0.39, 0.29) is 0 Å². The molecule has 1 rings (SSSR count). The summed E-state index contributed by atoms with van der Waals surface area (Å²) >= 11 is 0. The monoisotopic (exact) mass is 187 g/mol. The summed E-state index contributed by atoms with van der Waals surface area (Å²) in [5.74, 6) is 0. The lowest BCUT2D eigenvalue weighted by molar-refractivity contribution is 1.28. The van der Waals surface area contributed by atoms with Gasteiger partial charge in [-0.3, -0.25) is 4.99 Å². The van der Waals surface area contributed by atoms with Gasteiger partial charge in [0.25, 0.3) is 0 Å². The van der Waals surface area contributed by atoms with Crippen molar-refractivity contribution in [1.29, 1.82) is 0 Å². The van der Waals surface area contributed by atoms with Gasteiger partial charge in [0, 0.05) is 5.71 Å². The molecule has 0 fully saturated rings. The summed E-state index contributed by atoms with van der Waals surface area (Å²) in [5.41, 5.74) is 5.77. The van der Waals surface area contributed by atoms with Crippen LogP contribution in [0.15, 0.2) is 29.8 Å². The lowest BCUT2D eigenvalue weighted by atomic mass is 10.1. The Balaban J connectivity index is 3.28. The topological polar surface area (TPSA) is 12.4 Å². The lowest BCUT2D eigenvalue weighted by Crippen LogP contribution is -1.87. The molecule has 0 aliphatic carbocycles. The smallest absolute Gasteiger partial charge is 0.0691 e. The Bertz CT molecular complexity index is 363. The lowest BCUT2D eigenvalue weighted by Gasteiger charge is -2.06. The molecule has 0 saturated carbocycles. The number of allylic oxidation sites excluding steroid dienone is 1. The highest BCUT2D eigenvalue weighted by atomic mass is 14.7. The second-order valence-electron chi connectivity index (χ2n) is 3.70. The van der Waals surface area contributed by atoms with Gasteiger partial charge in [0.15, 0.2) is 0 Å². The molecular weight excluding hydrogens is 170 g/mol. The molecule has 0 atom stereocenters. The molecule has 0 heterocycles. The van der Waals surface area contributed by atoms with Crippen molar-refractivity contribution < 1.29 is 0 Å². The zero-order chi connectivity index (χ0) is 10.7. The number of rotatable bonds is 2. The van der Waals surface area contributed by atoms with E-state index in [0.29, 0.717) is 0 Å². The molecule has 0 saturated heterocycles. The third-order valence-electron chi connectivity index (χ3n) is 2.22. The fraction of sp³-hybridized carbons (Fsp3) is 0.308. The highest BCUT2D eigenvalue weighted by Crippen LogP contribution is 2.25. The van der Waals surface area contributed by atoms with Crippen LogP contribution in [-0.2, 0) is 0 Å². The Kier molecular flexibility index (Phi) is 3.23. The molecule has 0 spiro atoms. The summed E-state index contributed by atoms with van der Waals surface area (Å²) in [6.07, 6.45) is 1.78. The molecular formula is C13H17N. The van der Waals surface area contributed by atoms with E-state index < -0.39 is 0 Å². The van der Waals surface area contributed by atoms with Crippen LogP contribution in [0.2, 0.25) is 0 Å². The Hall–Kier alpha value is -1.37. The first-order valence-corrected chi connectivity index (χ1v) is 4.80. The van der Waals surface area contributed by atoms with Gasteiger partial charge < -0.3 is 0 Å². The first-order valence-electron chi connectivity index (χ1n) is 4.80. The fourth-order valence-corrected chi connectivity index (χ4v) is 1.57.